The Bertz CT molecular complexity index is 1710. The van der Waals surface area contributed by atoms with Crippen LogP contribution >= 0.6 is 0 Å². The Hall–Kier alpha value is -4.60. The summed E-state index contributed by atoms with van der Waals surface area (Å²) in [7, 11) is 3.47. The lowest BCUT2D eigenvalue weighted by Gasteiger charge is -2.28. The van der Waals surface area contributed by atoms with Gasteiger partial charge in [-0.15, -0.1) is 0 Å². The molecule has 0 saturated heterocycles. The average Bonchev–Trinajstić information content (AvgIpc) is 3.57. The molecule has 1 fully saturated rings. The van der Waals surface area contributed by atoms with Crippen LogP contribution in [0, 0.1) is 12.7 Å². The SMILES string of the molecule is Cc1c(NC(=O)c2ccc(C3(F)CC3)cc2)cc(F)cc1-c1ncnc2[nH]c(C3=CCN(C(=O)N(C)C)CC3)cc12. The standard InChI is InChI=1S/C31H30F2N6O2/c1-18-23(14-22(32)15-25(18)37-29(40)20-4-6-21(7-5-20)31(33)10-11-31)27-24-16-26(36-28(24)35-17-34-27)19-8-12-39(13-9-19)30(41)38(2)3/h4-8,14-17H,9-13H2,1-3H3,(H,37,40)(H,34,35,36). The largest absolute Gasteiger partial charge is 0.339 e. The van der Waals surface area contributed by atoms with Gasteiger partial charge in [0.15, 0.2) is 0 Å². The molecule has 3 heterocycles. The summed E-state index contributed by atoms with van der Waals surface area (Å²) in [5.74, 6) is -0.935. The first-order chi connectivity index (χ1) is 19.6. The Morgan fingerprint density at radius 2 is 1.85 bits per heavy atom. The molecule has 210 valence electrons. The molecule has 0 radical (unpaired) electrons. The van der Waals surface area contributed by atoms with E-state index in [1.54, 1.807) is 55.1 Å². The van der Waals surface area contributed by atoms with Crippen LogP contribution in [0.1, 0.15) is 46.4 Å². The van der Waals surface area contributed by atoms with E-state index in [1.165, 1.54) is 18.5 Å². The Morgan fingerprint density at radius 3 is 2.51 bits per heavy atom. The molecule has 0 atom stereocenters. The normalized spacial score (nSPS) is 15.9. The van der Waals surface area contributed by atoms with Crippen molar-refractivity contribution in [2.45, 2.75) is 31.9 Å². The highest BCUT2D eigenvalue weighted by Crippen LogP contribution is 2.49. The summed E-state index contributed by atoms with van der Waals surface area (Å²) in [4.78, 5) is 40.9. The molecule has 0 unspecified atom stereocenters. The van der Waals surface area contributed by atoms with Gasteiger partial charge in [-0.25, -0.2) is 23.5 Å². The lowest BCUT2D eigenvalue weighted by Crippen LogP contribution is -2.41. The van der Waals surface area contributed by atoms with Gasteiger partial charge in [0.1, 0.15) is 23.5 Å². The van der Waals surface area contributed by atoms with E-state index >= 15 is 0 Å². The minimum Gasteiger partial charge on any atom is -0.339 e. The zero-order valence-electron chi connectivity index (χ0n) is 23.1. The summed E-state index contributed by atoms with van der Waals surface area (Å²) in [5, 5.41) is 3.53. The Balaban J connectivity index is 1.28. The zero-order chi connectivity index (χ0) is 28.9. The number of urea groups is 1. The van der Waals surface area contributed by atoms with Gasteiger partial charge in [-0.2, -0.15) is 0 Å². The number of amides is 3. The number of hydrogen-bond acceptors (Lipinski definition) is 4. The Morgan fingerprint density at radius 1 is 1.10 bits per heavy atom. The fraction of sp³-hybridized carbons (Fsp3) is 0.290. The third-order valence-corrected chi connectivity index (χ3v) is 7.86. The first-order valence-electron chi connectivity index (χ1n) is 13.5. The number of aromatic amines is 1. The highest BCUT2D eigenvalue weighted by Gasteiger charge is 2.44. The van der Waals surface area contributed by atoms with E-state index in [4.69, 9.17) is 0 Å². The number of anilines is 1. The number of hydrogen-bond donors (Lipinski definition) is 2. The minimum absolute atomic E-state index is 0.0296. The van der Waals surface area contributed by atoms with Crippen LogP contribution in [0.15, 0.2) is 54.9 Å². The fourth-order valence-corrected chi connectivity index (χ4v) is 5.27. The number of halogens is 2. The van der Waals surface area contributed by atoms with Gasteiger partial charge in [-0.1, -0.05) is 18.2 Å². The second kappa shape index (κ2) is 10.1. The van der Waals surface area contributed by atoms with Crippen molar-refractivity contribution in [2.24, 2.45) is 0 Å². The van der Waals surface area contributed by atoms with E-state index < -0.39 is 17.4 Å². The summed E-state index contributed by atoms with van der Waals surface area (Å²) in [5.41, 5.74) is 4.22. The third-order valence-electron chi connectivity index (χ3n) is 7.86. The second-order valence-corrected chi connectivity index (χ2v) is 10.9. The van der Waals surface area contributed by atoms with Gasteiger partial charge in [0.25, 0.3) is 5.91 Å². The molecular formula is C31H30F2N6O2. The van der Waals surface area contributed by atoms with Crippen molar-refractivity contribution in [3.05, 3.63) is 83.1 Å². The molecule has 2 N–H and O–H groups in total. The maximum absolute atomic E-state index is 14.9. The predicted octanol–water partition coefficient (Wildman–Crippen LogP) is 6.05. The van der Waals surface area contributed by atoms with Crippen molar-refractivity contribution in [3.8, 4) is 11.3 Å². The lowest BCUT2D eigenvalue weighted by molar-refractivity contribution is 0.102. The number of benzene rings is 2. The first kappa shape index (κ1) is 26.6. The number of fused-ring (bicyclic) bond motifs is 1. The zero-order valence-corrected chi connectivity index (χ0v) is 23.1. The molecule has 2 aromatic carbocycles. The first-order valence-corrected chi connectivity index (χ1v) is 13.5. The number of carbonyl (C=O) groups is 2. The Labute approximate surface area is 236 Å². The molecule has 3 amide bonds. The van der Waals surface area contributed by atoms with E-state index in [0.29, 0.717) is 71.6 Å². The van der Waals surface area contributed by atoms with Gasteiger partial charge in [0.05, 0.1) is 5.69 Å². The van der Waals surface area contributed by atoms with Crippen molar-refractivity contribution in [3.63, 3.8) is 0 Å². The molecule has 1 saturated carbocycles. The van der Waals surface area contributed by atoms with Crippen molar-refractivity contribution in [2.75, 3.05) is 32.5 Å². The smallest absolute Gasteiger partial charge is 0.319 e. The van der Waals surface area contributed by atoms with Crippen molar-refractivity contribution in [1.82, 2.24) is 24.8 Å². The van der Waals surface area contributed by atoms with Crippen LogP contribution < -0.4 is 5.32 Å². The summed E-state index contributed by atoms with van der Waals surface area (Å²) in [6, 6.07) is 11.0. The number of rotatable bonds is 5. The van der Waals surface area contributed by atoms with Gasteiger partial charge >= 0.3 is 6.03 Å². The molecule has 2 aliphatic rings. The molecular weight excluding hydrogens is 526 g/mol. The van der Waals surface area contributed by atoms with Crippen LogP contribution in [-0.4, -0.2) is 63.9 Å². The van der Waals surface area contributed by atoms with Crippen molar-refractivity contribution < 1.29 is 18.4 Å². The number of H-pyrrole nitrogens is 1. The summed E-state index contributed by atoms with van der Waals surface area (Å²) < 4.78 is 29.2. The number of aromatic nitrogens is 3. The maximum Gasteiger partial charge on any atom is 0.319 e. The molecule has 41 heavy (non-hydrogen) atoms. The highest BCUT2D eigenvalue weighted by atomic mass is 19.1. The molecule has 0 spiro atoms. The van der Waals surface area contributed by atoms with Gasteiger partial charge in [0.2, 0.25) is 0 Å². The number of alkyl halides is 1. The van der Waals surface area contributed by atoms with E-state index in [-0.39, 0.29) is 6.03 Å². The second-order valence-electron chi connectivity index (χ2n) is 10.9. The van der Waals surface area contributed by atoms with Crippen LogP contribution in [0.5, 0.6) is 0 Å². The number of carbonyl (C=O) groups excluding carboxylic acids is 2. The average molecular weight is 557 g/mol. The molecule has 1 aliphatic heterocycles. The van der Waals surface area contributed by atoms with Crippen LogP contribution in [-0.2, 0) is 5.67 Å². The van der Waals surface area contributed by atoms with E-state index in [0.717, 1.165) is 16.7 Å². The maximum atomic E-state index is 14.9. The molecule has 2 aromatic heterocycles. The lowest BCUT2D eigenvalue weighted by atomic mass is 10.00. The molecule has 8 nitrogen and oxygen atoms in total. The van der Waals surface area contributed by atoms with Crippen LogP contribution in [0.25, 0.3) is 27.9 Å². The summed E-state index contributed by atoms with van der Waals surface area (Å²) in [6.45, 7) is 2.90. The summed E-state index contributed by atoms with van der Waals surface area (Å²) >= 11 is 0. The topological polar surface area (TPSA) is 94.2 Å². The molecule has 1 aliphatic carbocycles. The molecule has 4 aromatic rings. The van der Waals surface area contributed by atoms with Crippen molar-refractivity contribution >= 4 is 34.2 Å². The highest BCUT2D eigenvalue weighted by molar-refractivity contribution is 6.05. The third kappa shape index (κ3) is 5.05. The molecule has 6 rings (SSSR count). The van der Waals surface area contributed by atoms with Crippen LogP contribution in [0.2, 0.25) is 0 Å². The van der Waals surface area contributed by atoms with E-state index in [1.807, 2.05) is 12.1 Å². The van der Waals surface area contributed by atoms with Gasteiger partial charge in [-0.3, -0.25) is 4.79 Å². The minimum atomic E-state index is -1.27. The number of nitrogens with zero attached hydrogens (tertiary/aromatic N) is 4. The van der Waals surface area contributed by atoms with Gasteiger partial charge < -0.3 is 20.1 Å². The quantitative estimate of drug-likeness (QED) is 0.313. The van der Waals surface area contributed by atoms with Crippen LogP contribution in [0.4, 0.5) is 19.3 Å². The number of nitrogens with one attached hydrogen (secondary N) is 2. The van der Waals surface area contributed by atoms with Crippen LogP contribution in [0.3, 0.4) is 0 Å². The van der Waals surface area contributed by atoms with E-state index in [2.05, 4.69) is 20.3 Å². The predicted molar refractivity (Wildman–Crippen MR) is 154 cm³/mol. The monoisotopic (exact) mass is 556 g/mol. The van der Waals surface area contributed by atoms with E-state index in [9.17, 15) is 18.4 Å². The molecule has 0 bridgehead atoms. The Kier molecular flexibility index (Phi) is 6.56. The fourth-order valence-electron chi connectivity index (χ4n) is 5.27. The molecule has 10 heteroatoms. The summed E-state index contributed by atoms with van der Waals surface area (Å²) in [6.07, 6.45) is 5.12. The van der Waals surface area contributed by atoms with Crippen molar-refractivity contribution in [1.29, 1.82) is 0 Å². The van der Waals surface area contributed by atoms with Gasteiger partial charge in [0, 0.05) is 55.1 Å². The van der Waals surface area contributed by atoms with Gasteiger partial charge in [-0.05, 0) is 73.2 Å².